The zero-order chi connectivity index (χ0) is 13.2. The highest BCUT2D eigenvalue weighted by atomic mass is 127. The van der Waals surface area contributed by atoms with Gasteiger partial charge in [-0.1, -0.05) is 35.5 Å². The van der Waals surface area contributed by atoms with Gasteiger partial charge in [0.1, 0.15) is 6.20 Å². The van der Waals surface area contributed by atoms with Crippen molar-refractivity contribution in [2.45, 2.75) is 43.6 Å². The first kappa shape index (κ1) is 16.2. The van der Waals surface area contributed by atoms with Crippen molar-refractivity contribution in [3.8, 4) is 0 Å². The van der Waals surface area contributed by atoms with E-state index in [0.29, 0.717) is 0 Å². The zero-order valence-corrected chi connectivity index (χ0v) is 15.2. The molecule has 0 saturated carbocycles. The Morgan fingerprint density at radius 1 is 1.30 bits per heavy atom. The minimum Gasteiger partial charge on any atom is -1.00 e. The summed E-state index contributed by atoms with van der Waals surface area (Å²) < 4.78 is 4.86. The van der Waals surface area contributed by atoms with Gasteiger partial charge in [0.25, 0.3) is 5.82 Å². The Balaban J connectivity index is 0.00000147. The van der Waals surface area contributed by atoms with Crippen LogP contribution in [0.15, 0.2) is 35.5 Å². The van der Waals surface area contributed by atoms with Crippen LogP contribution in [-0.2, 0) is 25.3 Å². The molecule has 1 aliphatic rings. The first-order chi connectivity index (χ1) is 9.28. The second kappa shape index (κ2) is 7.18. The smallest absolute Gasteiger partial charge is 0.257 e. The third-order valence-corrected chi connectivity index (χ3v) is 4.94. The molecule has 0 fully saturated rings. The molecule has 0 bridgehead atoms. The van der Waals surface area contributed by atoms with E-state index in [9.17, 15) is 0 Å². The number of benzene rings is 1. The average Bonchev–Trinajstić information content (AvgIpc) is 2.98. The maximum absolute atomic E-state index is 5.91. The van der Waals surface area contributed by atoms with E-state index in [-0.39, 0.29) is 24.0 Å². The van der Waals surface area contributed by atoms with Gasteiger partial charge in [0.2, 0.25) is 5.03 Å². The summed E-state index contributed by atoms with van der Waals surface area (Å²) in [6.45, 7) is 4.47. The fraction of sp³-hybridized carbons (Fsp3) is 0.400. The van der Waals surface area contributed by atoms with Crippen molar-refractivity contribution < 1.29 is 28.5 Å². The quantitative estimate of drug-likeness (QED) is 0.402. The molecular weight excluding hydrogens is 403 g/mol. The van der Waals surface area contributed by atoms with Gasteiger partial charge >= 0.3 is 0 Å². The summed E-state index contributed by atoms with van der Waals surface area (Å²) in [7, 11) is 0. The Hall–Kier alpha value is -0.200. The molecule has 0 radical (unpaired) electrons. The number of thioether (sulfide) groups is 1. The first-order valence-corrected chi connectivity index (χ1v) is 8.13. The molecule has 0 amide bonds. The van der Waals surface area contributed by atoms with Crippen LogP contribution in [-0.4, -0.2) is 4.57 Å². The van der Waals surface area contributed by atoms with Gasteiger partial charge in [-0.3, -0.25) is 0 Å². The van der Waals surface area contributed by atoms with Gasteiger partial charge in [-0.25, -0.2) is 9.13 Å². The molecule has 0 atom stereocenters. The average molecular weight is 421 g/mol. The molecule has 2 nitrogen and oxygen atoms in total. The second-order valence-electron chi connectivity index (χ2n) is 4.84. The van der Waals surface area contributed by atoms with E-state index >= 15 is 0 Å². The van der Waals surface area contributed by atoms with E-state index in [1.165, 1.54) is 35.8 Å². The topological polar surface area (TPSA) is 8.81 Å². The van der Waals surface area contributed by atoms with E-state index in [1.54, 1.807) is 0 Å². The summed E-state index contributed by atoms with van der Waals surface area (Å²) in [6.07, 6.45) is 4.82. The zero-order valence-electron chi connectivity index (χ0n) is 11.5. The third-order valence-electron chi connectivity index (χ3n) is 3.59. The van der Waals surface area contributed by atoms with Gasteiger partial charge in [0, 0.05) is 10.8 Å². The van der Waals surface area contributed by atoms with Crippen LogP contribution in [0.25, 0.3) is 0 Å². The van der Waals surface area contributed by atoms with Crippen LogP contribution in [0.2, 0.25) is 5.02 Å². The summed E-state index contributed by atoms with van der Waals surface area (Å²) in [5.41, 5.74) is 1.32. The monoisotopic (exact) mass is 420 g/mol. The highest BCUT2D eigenvalue weighted by molar-refractivity contribution is 7.98. The van der Waals surface area contributed by atoms with E-state index in [2.05, 4.69) is 34.4 Å². The molecule has 0 N–H and O–H groups in total. The number of aryl methyl sites for hydroxylation is 1. The molecule has 0 aliphatic carbocycles. The summed E-state index contributed by atoms with van der Waals surface area (Å²) in [5.74, 6) is 2.49. The fourth-order valence-corrected chi connectivity index (χ4v) is 3.86. The summed E-state index contributed by atoms with van der Waals surface area (Å²) in [4.78, 5) is 0. The van der Waals surface area contributed by atoms with Crippen LogP contribution in [0.1, 0.15) is 24.7 Å². The molecule has 0 spiro atoms. The van der Waals surface area contributed by atoms with Gasteiger partial charge in [-0.15, -0.1) is 0 Å². The lowest BCUT2D eigenvalue weighted by Gasteiger charge is -2.02. The van der Waals surface area contributed by atoms with Crippen LogP contribution in [0.3, 0.4) is 0 Å². The third kappa shape index (κ3) is 3.34. The number of halogens is 2. The lowest BCUT2D eigenvalue weighted by atomic mass is 10.2. The van der Waals surface area contributed by atoms with Crippen molar-refractivity contribution >= 4 is 23.4 Å². The molecular formula is C15H18ClIN2S. The number of hydrogen-bond donors (Lipinski definition) is 0. The highest BCUT2D eigenvalue weighted by Gasteiger charge is 2.26. The number of aromatic nitrogens is 2. The van der Waals surface area contributed by atoms with Crippen LogP contribution < -0.4 is 28.5 Å². The van der Waals surface area contributed by atoms with Crippen LogP contribution in [0.4, 0.5) is 0 Å². The van der Waals surface area contributed by atoms with Crippen molar-refractivity contribution in [2.75, 3.05) is 0 Å². The van der Waals surface area contributed by atoms with Gasteiger partial charge in [-0.05, 0) is 31.0 Å². The Bertz CT molecular complexity index is 580. The Morgan fingerprint density at radius 3 is 2.75 bits per heavy atom. The maximum atomic E-state index is 5.91. The van der Waals surface area contributed by atoms with Crippen molar-refractivity contribution in [3.05, 3.63) is 46.9 Å². The van der Waals surface area contributed by atoms with Gasteiger partial charge in [0.05, 0.1) is 19.5 Å². The van der Waals surface area contributed by atoms with Crippen molar-refractivity contribution in [2.24, 2.45) is 0 Å². The largest absolute Gasteiger partial charge is 1.00 e. The lowest BCUT2D eigenvalue weighted by Crippen LogP contribution is -3.00. The van der Waals surface area contributed by atoms with Crippen LogP contribution >= 0.6 is 23.4 Å². The van der Waals surface area contributed by atoms with E-state index in [4.69, 9.17) is 11.6 Å². The minimum absolute atomic E-state index is 0. The second-order valence-corrected chi connectivity index (χ2v) is 6.27. The number of rotatable bonds is 4. The molecule has 0 unspecified atom stereocenters. The number of imidazole rings is 1. The Kier molecular flexibility index (Phi) is 5.81. The van der Waals surface area contributed by atoms with Crippen LogP contribution in [0, 0.1) is 0 Å². The van der Waals surface area contributed by atoms with E-state index in [1.807, 2.05) is 23.9 Å². The Morgan fingerprint density at radius 2 is 2.05 bits per heavy atom. The number of hydrogen-bond acceptors (Lipinski definition) is 1. The SMILES string of the molecule is CCn1c(SCc2ccc(Cl)cc2)c[n+]2c1CCC2.[I-]. The van der Waals surface area contributed by atoms with Gasteiger partial charge in [0.15, 0.2) is 0 Å². The van der Waals surface area contributed by atoms with E-state index in [0.717, 1.165) is 17.3 Å². The van der Waals surface area contributed by atoms with Crippen molar-refractivity contribution in [3.63, 3.8) is 0 Å². The van der Waals surface area contributed by atoms with Gasteiger partial charge < -0.3 is 24.0 Å². The summed E-state index contributed by atoms with van der Waals surface area (Å²) >= 11 is 7.83. The first-order valence-electron chi connectivity index (χ1n) is 6.77. The standard InChI is InChI=1S/C15H18ClN2S.HI/c1-2-18-14-4-3-9-17(14)10-15(18)19-11-12-5-7-13(16)8-6-12;/h5-8,10H,2-4,9,11H2,1H3;1H/q+1;/p-1. The molecule has 1 aliphatic heterocycles. The molecule has 5 heteroatoms. The minimum atomic E-state index is 0. The summed E-state index contributed by atoms with van der Waals surface area (Å²) in [6, 6.07) is 8.14. The van der Waals surface area contributed by atoms with Gasteiger partial charge in [-0.2, -0.15) is 0 Å². The fourth-order valence-electron chi connectivity index (χ4n) is 2.63. The predicted octanol–water partition coefficient (Wildman–Crippen LogP) is 0.691. The number of nitrogens with zero attached hydrogens (tertiary/aromatic N) is 2. The normalized spacial score (nSPS) is 13.1. The highest BCUT2D eigenvalue weighted by Crippen LogP contribution is 2.25. The predicted molar refractivity (Wildman–Crippen MR) is 79.6 cm³/mol. The molecule has 0 saturated heterocycles. The molecule has 20 heavy (non-hydrogen) atoms. The van der Waals surface area contributed by atoms with Crippen molar-refractivity contribution in [1.29, 1.82) is 0 Å². The Labute approximate surface area is 146 Å². The maximum Gasteiger partial charge on any atom is 0.257 e. The molecule has 1 aromatic carbocycles. The number of fused-ring (bicyclic) bond motifs is 1. The molecule has 3 rings (SSSR count). The molecule has 2 heterocycles. The molecule has 1 aromatic heterocycles. The van der Waals surface area contributed by atoms with Crippen LogP contribution in [0.5, 0.6) is 0 Å². The van der Waals surface area contributed by atoms with E-state index < -0.39 is 0 Å². The molecule has 108 valence electrons. The summed E-state index contributed by atoms with van der Waals surface area (Å²) in [5, 5.41) is 2.19. The lowest BCUT2D eigenvalue weighted by molar-refractivity contribution is -0.691. The van der Waals surface area contributed by atoms with Crippen molar-refractivity contribution in [1.82, 2.24) is 4.57 Å². The molecule has 2 aromatic rings.